The van der Waals surface area contributed by atoms with E-state index in [4.69, 9.17) is 51.4 Å². The van der Waals surface area contributed by atoms with Crippen molar-refractivity contribution in [3.05, 3.63) is 61.8 Å². The zero-order valence-corrected chi connectivity index (χ0v) is 18.0. The first-order chi connectivity index (χ1) is 13.3. The second kappa shape index (κ2) is 7.75. The number of benzene rings is 2. The van der Waals surface area contributed by atoms with Crippen LogP contribution < -0.4 is 5.32 Å². The van der Waals surface area contributed by atoms with Crippen LogP contribution in [-0.2, 0) is 11.2 Å². The molecule has 1 amide bonds. The normalized spacial score (nSPS) is 15.0. The Balaban J connectivity index is 1.83. The number of aromatic nitrogens is 2. The van der Waals surface area contributed by atoms with Gasteiger partial charge in [-0.25, -0.2) is 4.98 Å². The molecule has 3 aromatic rings. The Labute approximate surface area is 182 Å². The Morgan fingerprint density at radius 1 is 1.14 bits per heavy atom. The molecule has 1 atom stereocenters. The van der Waals surface area contributed by atoms with Crippen molar-refractivity contribution < 1.29 is 4.79 Å². The smallest absolute Gasteiger partial charge is 0.243 e. The third kappa shape index (κ3) is 3.84. The van der Waals surface area contributed by atoms with Crippen LogP contribution in [0.15, 0.2) is 30.3 Å². The molecule has 2 aromatic carbocycles. The zero-order valence-electron chi connectivity index (χ0n) is 15.0. The van der Waals surface area contributed by atoms with Gasteiger partial charge in [0.15, 0.2) is 0 Å². The van der Waals surface area contributed by atoms with Crippen LogP contribution in [0.5, 0.6) is 0 Å². The van der Waals surface area contributed by atoms with Gasteiger partial charge in [-0.2, -0.15) is 0 Å². The molecular weight excluding hydrogens is 440 g/mol. The van der Waals surface area contributed by atoms with E-state index in [9.17, 15) is 4.79 Å². The lowest BCUT2D eigenvalue weighted by atomic mass is 10.1. The molecule has 1 heterocycles. The van der Waals surface area contributed by atoms with E-state index < -0.39 is 6.04 Å². The first-order valence-electron chi connectivity index (χ1n) is 8.94. The highest BCUT2D eigenvalue weighted by Gasteiger charge is 2.28. The van der Waals surface area contributed by atoms with Crippen molar-refractivity contribution in [3.63, 3.8) is 0 Å². The van der Waals surface area contributed by atoms with E-state index in [1.807, 2.05) is 11.5 Å². The number of amides is 1. The van der Waals surface area contributed by atoms with Gasteiger partial charge in [-0.3, -0.25) is 4.79 Å². The minimum Gasteiger partial charge on any atom is -0.352 e. The van der Waals surface area contributed by atoms with Gasteiger partial charge in [0.2, 0.25) is 5.91 Å². The quantitative estimate of drug-likeness (QED) is 0.505. The van der Waals surface area contributed by atoms with Crippen molar-refractivity contribution in [2.24, 2.45) is 0 Å². The first kappa shape index (κ1) is 19.8. The number of fused-ring (bicyclic) bond motifs is 1. The highest BCUT2D eigenvalue weighted by Crippen LogP contribution is 2.33. The highest BCUT2D eigenvalue weighted by molar-refractivity contribution is 6.42. The number of rotatable bonds is 5. The van der Waals surface area contributed by atoms with Gasteiger partial charge in [0.1, 0.15) is 11.9 Å². The third-order valence-electron chi connectivity index (χ3n) is 4.89. The van der Waals surface area contributed by atoms with Gasteiger partial charge < -0.3 is 9.88 Å². The Kier molecular flexibility index (Phi) is 5.49. The van der Waals surface area contributed by atoms with Crippen molar-refractivity contribution in [3.8, 4) is 0 Å². The lowest BCUT2D eigenvalue weighted by molar-refractivity contribution is -0.124. The third-order valence-corrected chi connectivity index (χ3v) is 6.32. The molecule has 4 rings (SSSR count). The topological polar surface area (TPSA) is 46.9 Å². The summed E-state index contributed by atoms with van der Waals surface area (Å²) in [6.45, 7) is 1.85. The van der Waals surface area contributed by atoms with E-state index >= 15 is 0 Å². The number of nitrogens with one attached hydrogen (secondary N) is 1. The van der Waals surface area contributed by atoms with Crippen molar-refractivity contribution >= 4 is 63.3 Å². The largest absolute Gasteiger partial charge is 0.352 e. The Morgan fingerprint density at radius 2 is 1.79 bits per heavy atom. The van der Waals surface area contributed by atoms with E-state index in [2.05, 4.69) is 5.32 Å². The summed E-state index contributed by atoms with van der Waals surface area (Å²) in [6, 6.07) is 8.61. The average Bonchev–Trinajstić information content (AvgIpc) is 3.39. The molecule has 1 aliphatic rings. The van der Waals surface area contributed by atoms with Gasteiger partial charge >= 0.3 is 0 Å². The summed E-state index contributed by atoms with van der Waals surface area (Å²) < 4.78 is 1.88. The molecule has 1 aliphatic carbocycles. The van der Waals surface area contributed by atoms with Crippen molar-refractivity contribution in [2.75, 3.05) is 0 Å². The SMILES string of the molecule is C[C@@H](C(=O)NC1CC1)n1c(Cc2c(Cl)cccc2Cl)nc2cc(Cl)c(Cl)cc21. The summed E-state index contributed by atoms with van der Waals surface area (Å²) in [7, 11) is 0. The fourth-order valence-corrected chi connectivity index (χ4v) is 4.07. The molecule has 0 aliphatic heterocycles. The molecule has 146 valence electrons. The van der Waals surface area contributed by atoms with Crippen LogP contribution in [0.25, 0.3) is 11.0 Å². The molecule has 0 spiro atoms. The van der Waals surface area contributed by atoms with E-state index in [0.29, 0.717) is 37.9 Å². The van der Waals surface area contributed by atoms with Gasteiger partial charge in [0.05, 0.1) is 21.1 Å². The fourth-order valence-electron chi connectivity index (χ4n) is 3.22. The number of imidazole rings is 1. The standard InChI is InChI=1S/C20H17Cl4N3O/c1-10(20(28)25-11-5-6-11)27-18-9-16(24)15(23)8-17(18)26-19(27)7-12-13(21)3-2-4-14(12)22/h2-4,8-11H,5-7H2,1H3,(H,25,28)/t10-/m0/s1. The van der Waals surface area contributed by atoms with Crippen LogP contribution in [0.3, 0.4) is 0 Å². The predicted octanol–water partition coefficient (Wildman–Crippen LogP) is 6.08. The number of carbonyl (C=O) groups is 1. The predicted molar refractivity (Wildman–Crippen MR) is 115 cm³/mol. The van der Waals surface area contributed by atoms with Crippen LogP contribution in [-0.4, -0.2) is 21.5 Å². The molecule has 4 nitrogen and oxygen atoms in total. The van der Waals surface area contributed by atoms with E-state index in [1.165, 1.54) is 0 Å². The van der Waals surface area contributed by atoms with E-state index in [0.717, 1.165) is 23.9 Å². The molecule has 0 bridgehead atoms. The number of hydrogen-bond donors (Lipinski definition) is 1. The van der Waals surface area contributed by atoms with Gasteiger partial charge in [-0.1, -0.05) is 52.5 Å². The zero-order chi connectivity index (χ0) is 20.0. The summed E-state index contributed by atoms with van der Waals surface area (Å²) in [5.74, 6) is 0.612. The van der Waals surface area contributed by atoms with Gasteiger partial charge in [0, 0.05) is 22.5 Å². The highest BCUT2D eigenvalue weighted by atomic mass is 35.5. The second-order valence-corrected chi connectivity index (χ2v) is 8.62. The minimum absolute atomic E-state index is 0.0561. The lowest BCUT2D eigenvalue weighted by Gasteiger charge is -2.18. The molecule has 8 heteroatoms. The fraction of sp³-hybridized carbons (Fsp3) is 0.300. The molecule has 1 fully saturated rings. The summed E-state index contributed by atoms with van der Waals surface area (Å²) in [6.07, 6.45) is 2.42. The summed E-state index contributed by atoms with van der Waals surface area (Å²) in [5, 5.41) is 4.98. The maximum atomic E-state index is 12.8. The molecule has 1 saturated carbocycles. The molecule has 0 saturated heterocycles. The molecule has 0 radical (unpaired) electrons. The second-order valence-electron chi connectivity index (χ2n) is 6.99. The first-order valence-corrected chi connectivity index (χ1v) is 10.5. The van der Waals surface area contributed by atoms with Crippen LogP contribution in [0.1, 0.15) is 37.2 Å². The molecule has 1 N–H and O–H groups in total. The average molecular weight is 457 g/mol. The Bertz CT molecular complexity index is 1050. The maximum absolute atomic E-state index is 12.8. The number of carbonyl (C=O) groups excluding carboxylic acids is 1. The molecule has 0 unspecified atom stereocenters. The van der Waals surface area contributed by atoms with E-state index in [-0.39, 0.29) is 11.9 Å². The van der Waals surface area contributed by atoms with E-state index in [1.54, 1.807) is 30.3 Å². The van der Waals surface area contributed by atoms with Crippen molar-refractivity contribution in [1.82, 2.24) is 14.9 Å². The van der Waals surface area contributed by atoms with Gasteiger partial charge in [-0.15, -0.1) is 0 Å². The number of hydrogen-bond acceptors (Lipinski definition) is 2. The number of halogens is 4. The minimum atomic E-state index is -0.473. The van der Waals surface area contributed by atoms with Crippen molar-refractivity contribution in [2.45, 2.75) is 38.3 Å². The summed E-state index contributed by atoms with van der Waals surface area (Å²) >= 11 is 25.1. The monoisotopic (exact) mass is 455 g/mol. The summed E-state index contributed by atoms with van der Waals surface area (Å²) in [4.78, 5) is 17.5. The lowest BCUT2D eigenvalue weighted by Crippen LogP contribution is -2.33. The van der Waals surface area contributed by atoms with Crippen molar-refractivity contribution in [1.29, 1.82) is 0 Å². The van der Waals surface area contributed by atoms with Crippen LogP contribution in [0.4, 0.5) is 0 Å². The van der Waals surface area contributed by atoms with Gasteiger partial charge in [-0.05, 0) is 49.6 Å². The van der Waals surface area contributed by atoms with Crippen LogP contribution in [0.2, 0.25) is 20.1 Å². The van der Waals surface area contributed by atoms with Gasteiger partial charge in [0.25, 0.3) is 0 Å². The Morgan fingerprint density at radius 3 is 2.43 bits per heavy atom. The Hall–Kier alpha value is -1.46. The van der Waals surface area contributed by atoms with Crippen LogP contribution in [0, 0.1) is 0 Å². The number of nitrogens with zero attached hydrogens (tertiary/aromatic N) is 2. The molecule has 28 heavy (non-hydrogen) atoms. The van der Waals surface area contributed by atoms with Crippen LogP contribution >= 0.6 is 46.4 Å². The molecule has 1 aromatic heterocycles. The molecular formula is C20H17Cl4N3O. The summed E-state index contributed by atoms with van der Waals surface area (Å²) in [5.41, 5.74) is 2.17. The maximum Gasteiger partial charge on any atom is 0.243 e.